The van der Waals surface area contributed by atoms with Crippen LogP contribution in [-0.2, 0) is 25.4 Å². The molecule has 11 heteroatoms. The third-order valence-corrected chi connectivity index (χ3v) is 6.24. The lowest BCUT2D eigenvalue weighted by molar-refractivity contribution is -0.281. The van der Waals surface area contributed by atoms with E-state index in [-0.39, 0.29) is 35.3 Å². The molecule has 6 atom stereocenters. The third-order valence-electron chi connectivity index (χ3n) is 6.24. The van der Waals surface area contributed by atoms with E-state index in [0.717, 1.165) is 0 Å². The zero-order valence-electron chi connectivity index (χ0n) is 19.5. The number of hydrogen-bond donors (Lipinski definition) is 4. The summed E-state index contributed by atoms with van der Waals surface area (Å²) in [5.74, 6) is -0.947. The van der Waals surface area contributed by atoms with Gasteiger partial charge in [-0.3, -0.25) is 4.79 Å². The number of aromatic hydroxyl groups is 1. The molecule has 4 rings (SSSR count). The summed E-state index contributed by atoms with van der Waals surface area (Å²) < 4.78 is 27.3. The van der Waals surface area contributed by atoms with Crippen molar-refractivity contribution < 1.29 is 53.7 Å². The first-order valence-electron chi connectivity index (χ1n) is 11.1. The van der Waals surface area contributed by atoms with Crippen LogP contribution in [0, 0.1) is 0 Å². The van der Waals surface area contributed by atoms with Gasteiger partial charge in [-0.2, -0.15) is 0 Å². The number of esters is 1. The molecule has 0 saturated carbocycles. The number of fused-ring (bicyclic) bond motifs is 2. The topological polar surface area (TPSA) is 161 Å². The highest BCUT2D eigenvalue weighted by Gasteiger charge is 2.46. The van der Waals surface area contributed by atoms with Crippen LogP contribution < -0.4 is 9.47 Å². The van der Waals surface area contributed by atoms with Crippen LogP contribution in [0.15, 0.2) is 18.2 Å². The summed E-state index contributed by atoms with van der Waals surface area (Å²) >= 11 is 0. The summed E-state index contributed by atoms with van der Waals surface area (Å²) in [5, 5.41) is 42.3. The molecule has 2 aliphatic heterocycles. The number of cyclic esters (lactones) is 1. The summed E-state index contributed by atoms with van der Waals surface area (Å²) in [5.41, 5.74) is 0.453. The van der Waals surface area contributed by atoms with Crippen LogP contribution >= 0.6 is 0 Å². The molecule has 2 heterocycles. The Morgan fingerprint density at radius 2 is 1.91 bits per heavy atom. The van der Waals surface area contributed by atoms with E-state index in [4.69, 9.17) is 23.7 Å². The van der Waals surface area contributed by atoms with Crippen molar-refractivity contribution in [3.8, 4) is 17.2 Å². The zero-order chi connectivity index (χ0) is 25.4. The summed E-state index contributed by atoms with van der Waals surface area (Å²) in [4.78, 5) is 24.2. The summed E-state index contributed by atoms with van der Waals surface area (Å²) in [6, 6.07) is 4.74. The number of carbonyl (C=O) groups excluding carboxylic acids is 2. The fourth-order valence-electron chi connectivity index (χ4n) is 4.61. The largest absolute Gasteiger partial charge is 0.506 e. The molecule has 1 fully saturated rings. The maximum Gasteiger partial charge on any atom is 0.342 e. The van der Waals surface area contributed by atoms with Crippen molar-refractivity contribution in [1.82, 2.24) is 0 Å². The van der Waals surface area contributed by atoms with E-state index in [1.54, 1.807) is 12.1 Å². The summed E-state index contributed by atoms with van der Waals surface area (Å²) in [7, 11) is 2.74. The molecule has 0 bridgehead atoms. The van der Waals surface area contributed by atoms with Crippen LogP contribution in [0.4, 0.5) is 0 Å². The number of ether oxygens (including phenoxy) is 5. The molecule has 2 aromatic carbocycles. The highest BCUT2D eigenvalue weighted by molar-refractivity contribution is 6.06. The van der Waals surface area contributed by atoms with Crippen LogP contribution in [0.5, 0.6) is 17.2 Å². The fraction of sp³-hybridized carbons (Fsp3) is 0.500. The van der Waals surface area contributed by atoms with Gasteiger partial charge in [-0.1, -0.05) is 0 Å². The lowest BCUT2D eigenvalue weighted by Crippen LogP contribution is -2.60. The van der Waals surface area contributed by atoms with Gasteiger partial charge in [0.25, 0.3) is 0 Å². The Bertz CT molecular complexity index is 1130. The first kappa shape index (κ1) is 25.1. The molecule has 0 aromatic heterocycles. The van der Waals surface area contributed by atoms with E-state index < -0.39 is 55.1 Å². The van der Waals surface area contributed by atoms with Crippen LogP contribution in [0.25, 0.3) is 10.8 Å². The molecule has 0 aliphatic carbocycles. The molecule has 35 heavy (non-hydrogen) atoms. The Balaban J connectivity index is 1.77. The van der Waals surface area contributed by atoms with E-state index >= 15 is 0 Å². The molecule has 4 N–H and O–H groups in total. The van der Waals surface area contributed by atoms with Gasteiger partial charge in [0.2, 0.25) is 6.29 Å². The number of aliphatic hydroxyl groups excluding tert-OH is 3. The van der Waals surface area contributed by atoms with Gasteiger partial charge in [0.15, 0.2) is 0 Å². The standard InChI is InChI=1S/C24H28O11/c1-10(26)4-14-7-12-5-11-6-13(31-2)8-15(17(11)19(27)18(12)23(30)33-14)34-24-21(29)20(28)22(32-3)16(9-25)35-24/h5-6,8,14,16,20-22,24-25,27-29H,4,7,9H2,1-3H3/t14-,16-,20-,21-,22-,24-/m1/s1. The molecular formula is C24H28O11. The first-order valence-corrected chi connectivity index (χ1v) is 11.1. The van der Waals surface area contributed by atoms with Crippen LogP contribution in [0.2, 0.25) is 0 Å². The maximum absolute atomic E-state index is 12.7. The molecule has 0 radical (unpaired) electrons. The Kier molecular flexibility index (Phi) is 7.15. The molecule has 11 nitrogen and oxygen atoms in total. The molecular weight excluding hydrogens is 464 g/mol. The van der Waals surface area contributed by atoms with Crippen molar-refractivity contribution in [2.45, 2.75) is 56.6 Å². The van der Waals surface area contributed by atoms with Crippen LogP contribution in [0.1, 0.15) is 29.3 Å². The molecule has 0 spiro atoms. The number of aliphatic hydroxyl groups is 3. The minimum absolute atomic E-state index is 0.00196. The number of ketones is 1. The van der Waals surface area contributed by atoms with E-state index in [2.05, 4.69) is 0 Å². The Hall–Kier alpha value is -2.96. The highest BCUT2D eigenvalue weighted by atomic mass is 16.7. The monoisotopic (exact) mass is 492 g/mol. The number of Topliss-reactive ketones (excluding diaryl/α,β-unsaturated/α-hetero) is 1. The third kappa shape index (κ3) is 4.65. The molecule has 190 valence electrons. The first-order chi connectivity index (χ1) is 16.7. The minimum atomic E-state index is -1.55. The van der Waals surface area contributed by atoms with Gasteiger partial charge in [0.1, 0.15) is 59.1 Å². The summed E-state index contributed by atoms with van der Waals surface area (Å²) in [6.07, 6.45) is -6.74. The van der Waals surface area contributed by atoms with Gasteiger partial charge in [-0.15, -0.1) is 0 Å². The normalized spacial score (nSPS) is 28.3. The SMILES string of the molecule is COc1cc(O[C@@H]2O[C@H](CO)[C@@H](OC)[C@H](O)[C@H]2O)c2c(O)c3c(cc2c1)C[C@@H](CC(C)=O)OC3=O. The Morgan fingerprint density at radius 3 is 2.54 bits per heavy atom. The second-order valence-corrected chi connectivity index (χ2v) is 8.65. The Labute approximate surface area is 200 Å². The number of phenols is 1. The quantitative estimate of drug-likeness (QED) is 0.397. The van der Waals surface area contributed by atoms with E-state index in [0.29, 0.717) is 16.7 Å². The lowest BCUT2D eigenvalue weighted by Gasteiger charge is -2.41. The number of hydrogen-bond acceptors (Lipinski definition) is 11. The molecule has 2 aliphatic rings. The summed E-state index contributed by atoms with van der Waals surface area (Å²) in [6.45, 7) is 0.900. The van der Waals surface area contributed by atoms with Crippen molar-refractivity contribution in [3.05, 3.63) is 29.3 Å². The van der Waals surface area contributed by atoms with Crippen molar-refractivity contribution in [1.29, 1.82) is 0 Å². The van der Waals surface area contributed by atoms with Gasteiger partial charge in [0.05, 0.1) is 19.1 Å². The highest BCUT2D eigenvalue weighted by Crippen LogP contribution is 2.43. The zero-order valence-corrected chi connectivity index (χ0v) is 19.5. The van der Waals surface area contributed by atoms with Crippen LogP contribution in [0.3, 0.4) is 0 Å². The maximum atomic E-state index is 12.7. The molecule has 0 amide bonds. The fourth-order valence-corrected chi connectivity index (χ4v) is 4.61. The van der Waals surface area contributed by atoms with Gasteiger partial charge >= 0.3 is 5.97 Å². The minimum Gasteiger partial charge on any atom is -0.506 e. The lowest BCUT2D eigenvalue weighted by atomic mass is 9.91. The number of rotatable bonds is 7. The second kappa shape index (κ2) is 9.96. The molecule has 0 unspecified atom stereocenters. The van der Waals surface area contributed by atoms with Gasteiger partial charge in [-0.05, 0) is 30.0 Å². The number of carbonyl (C=O) groups is 2. The predicted octanol–water partition coefficient (Wildman–Crippen LogP) is 0.447. The van der Waals surface area contributed by atoms with E-state index in [9.17, 15) is 30.0 Å². The van der Waals surface area contributed by atoms with Crippen molar-refractivity contribution in [3.63, 3.8) is 0 Å². The van der Waals surface area contributed by atoms with Crippen molar-refractivity contribution in [2.75, 3.05) is 20.8 Å². The van der Waals surface area contributed by atoms with Gasteiger partial charge in [-0.25, -0.2) is 4.79 Å². The van der Waals surface area contributed by atoms with Gasteiger partial charge < -0.3 is 44.1 Å². The van der Waals surface area contributed by atoms with Gasteiger partial charge in [0, 0.05) is 26.0 Å². The van der Waals surface area contributed by atoms with Crippen molar-refractivity contribution >= 4 is 22.5 Å². The average molecular weight is 492 g/mol. The Morgan fingerprint density at radius 1 is 1.17 bits per heavy atom. The second-order valence-electron chi connectivity index (χ2n) is 8.65. The van der Waals surface area contributed by atoms with E-state index in [1.807, 2.05) is 0 Å². The number of benzene rings is 2. The molecule has 2 aromatic rings. The predicted molar refractivity (Wildman–Crippen MR) is 120 cm³/mol. The average Bonchev–Trinajstić information content (AvgIpc) is 2.80. The van der Waals surface area contributed by atoms with Crippen LogP contribution in [-0.4, -0.2) is 89.8 Å². The molecule has 1 saturated heterocycles. The van der Waals surface area contributed by atoms with E-state index in [1.165, 1.54) is 27.2 Å². The van der Waals surface area contributed by atoms with Crippen molar-refractivity contribution in [2.24, 2.45) is 0 Å². The smallest absolute Gasteiger partial charge is 0.342 e. The number of methoxy groups -OCH3 is 2. The number of phenolic OH excluding ortho intramolecular Hbond substituents is 1.